The van der Waals surface area contributed by atoms with Crippen LogP contribution in [-0.4, -0.2) is 21.7 Å². The molecule has 0 spiro atoms. The molecule has 3 aromatic carbocycles. The van der Waals surface area contributed by atoms with Gasteiger partial charge in [0.1, 0.15) is 0 Å². The van der Waals surface area contributed by atoms with Crippen LogP contribution in [0.5, 0.6) is 0 Å². The fourth-order valence-corrected chi connectivity index (χ4v) is 3.32. The van der Waals surface area contributed by atoms with Crippen molar-refractivity contribution in [2.24, 2.45) is 5.10 Å². The molecule has 1 amide bonds. The van der Waals surface area contributed by atoms with Gasteiger partial charge >= 0.3 is 0 Å². The summed E-state index contributed by atoms with van der Waals surface area (Å²) in [6.07, 6.45) is 0.209. The lowest BCUT2D eigenvalue weighted by atomic mass is 9.94. The van der Waals surface area contributed by atoms with E-state index in [4.69, 9.17) is 11.6 Å². The van der Waals surface area contributed by atoms with E-state index in [-0.39, 0.29) is 12.3 Å². The molecule has 0 saturated heterocycles. The van der Waals surface area contributed by atoms with Gasteiger partial charge < -0.3 is 5.11 Å². The van der Waals surface area contributed by atoms with Gasteiger partial charge in [-0.1, -0.05) is 72.3 Å². The quantitative estimate of drug-likeness (QED) is 0.734. The second-order valence-electron chi connectivity index (χ2n) is 6.40. The fourth-order valence-electron chi connectivity index (χ4n) is 3.20. The van der Waals surface area contributed by atoms with Crippen molar-refractivity contribution in [2.75, 3.05) is 0 Å². The summed E-state index contributed by atoms with van der Waals surface area (Å²) in [7, 11) is 0. The van der Waals surface area contributed by atoms with Gasteiger partial charge in [0.05, 0.1) is 5.71 Å². The molecule has 134 valence electrons. The average molecular weight is 377 g/mol. The van der Waals surface area contributed by atoms with Crippen LogP contribution in [0.15, 0.2) is 90.0 Å². The van der Waals surface area contributed by atoms with Crippen molar-refractivity contribution in [2.45, 2.75) is 12.1 Å². The number of nitrogens with zero attached hydrogens (tertiary/aromatic N) is 2. The highest BCUT2D eigenvalue weighted by Gasteiger charge is 2.46. The van der Waals surface area contributed by atoms with E-state index in [0.717, 1.165) is 5.56 Å². The zero-order valence-electron chi connectivity index (χ0n) is 14.4. The largest absolute Gasteiger partial charge is 0.365 e. The number of carbonyl (C=O) groups is 1. The monoisotopic (exact) mass is 376 g/mol. The van der Waals surface area contributed by atoms with E-state index >= 15 is 0 Å². The summed E-state index contributed by atoms with van der Waals surface area (Å²) < 4.78 is 0. The zero-order chi connectivity index (χ0) is 18.9. The van der Waals surface area contributed by atoms with Gasteiger partial charge in [0.2, 0.25) is 0 Å². The molecule has 0 unspecified atom stereocenters. The lowest BCUT2D eigenvalue weighted by Crippen LogP contribution is -2.43. The SMILES string of the molecule is O=C(c1ccc(Cl)cc1)N1N=C(c2ccccc2)C[C@@]1(O)c1ccccc1. The van der Waals surface area contributed by atoms with Gasteiger partial charge in [-0.05, 0) is 29.8 Å². The number of amides is 1. The van der Waals surface area contributed by atoms with Gasteiger partial charge in [0.25, 0.3) is 5.91 Å². The van der Waals surface area contributed by atoms with Crippen LogP contribution in [0.1, 0.15) is 27.9 Å². The summed E-state index contributed by atoms with van der Waals surface area (Å²) in [6.45, 7) is 0. The summed E-state index contributed by atoms with van der Waals surface area (Å²) in [4.78, 5) is 13.1. The number of hydrogen-bond acceptors (Lipinski definition) is 3. The van der Waals surface area contributed by atoms with Crippen LogP contribution in [0.3, 0.4) is 0 Å². The molecule has 27 heavy (non-hydrogen) atoms. The molecule has 0 fully saturated rings. The molecular weight excluding hydrogens is 360 g/mol. The first kappa shape index (κ1) is 17.5. The van der Waals surface area contributed by atoms with Crippen molar-refractivity contribution < 1.29 is 9.90 Å². The molecule has 0 bridgehead atoms. The highest BCUT2D eigenvalue weighted by atomic mass is 35.5. The van der Waals surface area contributed by atoms with Crippen molar-refractivity contribution in [3.8, 4) is 0 Å². The van der Waals surface area contributed by atoms with Gasteiger partial charge in [0, 0.05) is 22.6 Å². The topological polar surface area (TPSA) is 52.9 Å². The minimum absolute atomic E-state index is 0.209. The number of aliphatic hydroxyl groups is 1. The van der Waals surface area contributed by atoms with E-state index in [1.54, 1.807) is 36.4 Å². The van der Waals surface area contributed by atoms with E-state index < -0.39 is 5.72 Å². The molecule has 4 rings (SSSR count). The Morgan fingerprint density at radius 1 is 0.926 bits per heavy atom. The van der Waals surface area contributed by atoms with Crippen LogP contribution in [0, 0.1) is 0 Å². The van der Waals surface area contributed by atoms with Gasteiger partial charge in [-0.3, -0.25) is 4.79 Å². The van der Waals surface area contributed by atoms with Crippen molar-refractivity contribution >= 4 is 23.2 Å². The second-order valence-corrected chi connectivity index (χ2v) is 6.83. The maximum atomic E-state index is 13.1. The van der Waals surface area contributed by atoms with Crippen molar-refractivity contribution in [3.05, 3.63) is 107 Å². The van der Waals surface area contributed by atoms with Crippen molar-refractivity contribution in [1.29, 1.82) is 0 Å². The first-order valence-corrected chi connectivity index (χ1v) is 8.97. The predicted octanol–water partition coefficient (Wildman–Crippen LogP) is 4.44. The lowest BCUT2D eigenvalue weighted by molar-refractivity contribution is -0.0765. The molecule has 1 atom stereocenters. The Labute approximate surface area is 162 Å². The Kier molecular flexibility index (Phi) is 4.52. The molecule has 1 aliphatic heterocycles. The van der Waals surface area contributed by atoms with Gasteiger partial charge in [-0.25, -0.2) is 0 Å². The number of hydrazone groups is 1. The minimum atomic E-state index is -1.55. The third-order valence-corrected chi connectivity index (χ3v) is 4.86. The van der Waals surface area contributed by atoms with Crippen LogP contribution < -0.4 is 0 Å². The van der Waals surface area contributed by atoms with Crippen LogP contribution in [0.25, 0.3) is 0 Å². The van der Waals surface area contributed by atoms with E-state index in [1.165, 1.54) is 5.01 Å². The molecule has 0 aromatic heterocycles. The van der Waals surface area contributed by atoms with Crippen LogP contribution >= 0.6 is 11.6 Å². The van der Waals surface area contributed by atoms with Crippen molar-refractivity contribution in [1.82, 2.24) is 5.01 Å². The molecule has 5 heteroatoms. The van der Waals surface area contributed by atoms with Gasteiger partial charge in [-0.2, -0.15) is 10.1 Å². The number of carbonyl (C=O) groups excluding carboxylic acids is 1. The third kappa shape index (κ3) is 3.25. The van der Waals surface area contributed by atoms with E-state index in [1.807, 2.05) is 48.5 Å². The Balaban J connectivity index is 1.79. The maximum absolute atomic E-state index is 13.1. The molecule has 4 nitrogen and oxygen atoms in total. The molecule has 1 N–H and O–H groups in total. The Bertz CT molecular complexity index is 988. The summed E-state index contributed by atoms with van der Waals surface area (Å²) in [5.74, 6) is -0.385. The van der Waals surface area contributed by atoms with E-state index in [2.05, 4.69) is 5.10 Å². The molecule has 3 aromatic rings. The summed E-state index contributed by atoms with van der Waals surface area (Å²) in [5, 5.41) is 17.7. The summed E-state index contributed by atoms with van der Waals surface area (Å²) in [5.41, 5.74) is 1.000. The Morgan fingerprint density at radius 3 is 2.15 bits per heavy atom. The van der Waals surface area contributed by atoms with E-state index in [0.29, 0.717) is 21.9 Å². The first-order chi connectivity index (χ1) is 13.1. The zero-order valence-corrected chi connectivity index (χ0v) is 15.2. The second kappa shape index (κ2) is 6.99. The van der Waals surface area contributed by atoms with Gasteiger partial charge in [-0.15, -0.1) is 0 Å². The highest BCUT2D eigenvalue weighted by Crippen LogP contribution is 2.37. The molecule has 0 radical (unpaired) electrons. The van der Waals surface area contributed by atoms with Crippen LogP contribution in [0.2, 0.25) is 5.02 Å². The fraction of sp³-hybridized carbons (Fsp3) is 0.0909. The summed E-state index contributed by atoms with van der Waals surface area (Å²) in [6, 6.07) is 25.2. The lowest BCUT2D eigenvalue weighted by Gasteiger charge is -2.31. The number of rotatable bonds is 3. The molecule has 1 aliphatic rings. The van der Waals surface area contributed by atoms with Crippen LogP contribution in [-0.2, 0) is 5.72 Å². The molecule has 0 saturated carbocycles. The Hall–Kier alpha value is -2.95. The molecule has 1 heterocycles. The Morgan fingerprint density at radius 2 is 1.52 bits per heavy atom. The first-order valence-electron chi connectivity index (χ1n) is 8.59. The highest BCUT2D eigenvalue weighted by molar-refractivity contribution is 6.30. The minimum Gasteiger partial charge on any atom is -0.365 e. The van der Waals surface area contributed by atoms with Gasteiger partial charge in [0.15, 0.2) is 5.72 Å². The third-order valence-electron chi connectivity index (χ3n) is 4.61. The average Bonchev–Trinajstić information content (AvgIpc) is 3.08. The smallest absolute Gasteiger partial charge is 0.276 e. The van der Waals surface area contributed by atoms with E-state index in [9.17, 15) is 9.90 Å². The number of benzene rings is 3. The van der Waals surface area contributed by atoms with Crippen molar-refractivity contribution in [3.63, 3.8) is 0 Å². The normalized spacial score (nSPS) is 19.0. The standard InChI is InChI=1S/C22H17ClN2O2/c23-19-13-11-17(12-14-19)21(26)25-22(27,18-9-5-2-6-10-18)15-20(24-25)16-7-3-1-4-8-16/h1-14,27H,15H2/t22-/m1/s1. The maximum Gasteiger partial charge on any atom is 0.276 e. The molecular formula is C22H17ClN2O2. The summed E-state index contributed by atoms with van der Waals surface area (Å²) >= 11 is 5.93. The molecule has 0 aliphatic carbocycles. The number of hydrogen-bond donors (Lipinski definition) is 1. The van der Waals surface area contributed by atoms with Crippen LogP contribution in [0.4, 0.5) is 0 Å². The number of halogens is 1. The predicted molar refractivity (Wildman–Crippen MR) is 106 cm³/mol.